The summed E-state index contributed by atoms with van der Waals surface area (Å²) in [5.41, 5.74) is 0.820. The maximum absolute atomic E-state index is 11.8. The molecule has 0 N–H and O–H groups in total. The van der Waals surface area contributed by atoms with Crippen LogP contribution in [-0.2, 0) is 13.6 Å². The molecule has 0 unspecified atom stereocenters. The lowest BCUT2D eigenvalue weighted by Gasteiger charge is -1.99. The summed E-state index contributed by atoms with van der Waals surface area (Å²) in [6, 6.07) is 8.06. The van der Waals surface area contributed by atoms with E-state index >= 15 is 0 Å². The molecule has 1 aromatic heterocycles. The molecule has 2 rings (SSSR count). The lowest BCUT2D eigenvalue weighted by Crippen LogP contribution is -2.23. The second-order valence-corrected chi connectivity index (χ2v) is 4.53. The third-order valence-corrected chi connectivity index (χ3v) is 2.96. The van der Waals surface area contributed by atoms with Gasteiger partial charge in [-0.1, -0.05) is 28.1 Å². The Morgan fingerprint density at radius 1 is 1.35 bits per heavy atom. The highest BCUT2D eigenvalue weighted by atomic mass is 79.9. The average Bonchev–Trinajstić information content (AvgIpc) is 2.60. The van der Waals surface area contributed by atoms with E-state index in [0.717, 1.165) is 10.0 Å². The molecule has 0 saturated carbocycles. The van der Waals surface area contributed by atoms with Crippen LogP contribution in [0, 0.1) is 0 Å². The highest BCUT2D eigenvalue weighted by Gasteiger charge is 2.10. The first kappa shape index (κ1) is 11.9. The molecule has 0 spiro atoms. The zero-order valence-corrected chi connectivity index (χ0v) is 11.1. The molecule has 5 nitrogen and oxygen atoms in total. The van der Waals surface area contributed by atoms with Gasteiger partial charge in [0, 0.05) is 11.5 Å². The van der Waals surface area contributed by atoms with Gasteiger partial charge < -0.3 is 4.74 Å². The number of halogens is 1. The number of methoxy groups -OCH3 is 1. The number of aromatic nitrogens is 3. The largest absolute Gasteiger partial charge is 0.467 e. The average molecular weight is 298 g/mol. The van der Waals surface area contributed by atoms with Crippen LogP contribution in [0.15, 0.2) is 33.5 Å². The van der Waals surface area contributed by atoms with E-state index in [1.54, 1.807) is 7.05 Å². The van der Waals surface area contributed by atoms with Gasteiger partial charge in [-0.2, -0.15) is 0 Å². The minimum atomic E-state index is -0.190. The number of hydrogen-bond donors (Lipinski definition) is 0. The summed E-state index contributed by atoms with van der Waals surface area (Å²) in [5, 5.41) is 4.08. The molecule has 17 heavy (non-hydrogen) atoms. The molecule has 0 radical (unpaired) electrons. The topological polar surface area (TPSA) is 49.1 Å². The summed E-state index contributed by atoms with van der Waals surface area (Å²) in [7, 11) is 3.12. The Kier molecular flexibility index (Phi) is 3.33. The number of benzene rings is 1. The Labute approximate surface area is 107 Å². The molecule has 0 aliphatic rings. The van der Waals surface area contributed by atoms with Gasteiger partial charge in [0.25, 0.3) is 0 Å². The first-order valence-electron chi connectivity index (χ1n) is 5.04. The van der Waals surface area contributed by atoms with Crippen molar-refractivity contribution in [1.82, 2.24) is 14.3 Å². The van der Waals surface area contributed by atoms with Crippen LogP contribution in [0.25, 0.3) is 0 Å². The van der Waals surface area contributed by atoms with Gasteiger partial charge in [-0.25, -0.2) is 14.0 Å². The van der Waals surface area contributed by atoms with Gasteiger partial charge in [-0.05, 0) is 17.7 Å². The van der Waals surface area contributed by atoms with Crippen molar-refractivity contribution in [3.05, 3.63) is 44.8 Å². The van der Waals surface area contributed by atoms with Crippen LogP contribution in [0.2, 0.25) is 0 Å². The van der Waals surface area contributed by atoms with Gasteiger partial charge in [0.2, 0.25) is 0 Å². The van der Waals surface area contributed by atoms with Crippen molar-refractivity contribution in [2.45, 2.75) is 6.54 Å². The molecule has 0 fully saturated rings. The lowest BCUT2D eigenvalue weighted by atomic mass is 10.2. The van der Waals surface area contributed by atoms with Crippen LogP contribution < -0.4 is 10.4 Å². The van der Waals surface area contributed by atoms with Crippen molar-refractivity contribution < 1.29 is 4.74 Å². The Bertz CT molecular complexity index is 571. The standard InChI is InChI=1S/C11H12BrN3O2/c1-14-10(17-2)13-15(11(14)16)7-8-3-5-9(12)6-4-8/h3-6H,7H2,1-2H3. The van der Waals surface area contributed by atoms with Gasteiger partial charge in [0.15, 0.2) is 0 Å². The van der Waals surface area contributed by atoms with E-state index in [-0.39, 0.29) is 5.69 Å². The minimum absolute atomic E-state index is 0.190. The molecule has 6 heteroatoms. The Hall–Kier alpha value is -1.56. The molecule has 0 aliphatic carbocycles. The maximum Gasteiger partial charge on any atom is 0.348 e. The van der Waals surface area contributed by atoms with E-state index < -0.39 is 0 Å². The molecule has 0 aliphatic heterocycles. The summed E-state index contributed by atoms with van der Waals surface area (Å²) < 4.78 is 8.74. The summed E-state index contributed by atoms with van der Waals surface area (Å²) in [6.45, 7) is 0.434. The second-order valence-electron chi connectivity index (χ2n) is 3.61. The van der Waals surface area contributed by atoms with Crippen molar-refractivity contribution in [2.75, 3.05) is 7.11 Å². The van der Waals surface area contributed by atoms with Crippen molar-refractivity contribution in [3.8, 4) is 6.01 Å². The number of ether oxygens (including phenoxy) is 1. The third-order valence-electron chi connectivity index (χ3n) is 2.43. The van der Waals surface area contributed by atoms with Gasteiger partial charge in [-0.3, -0.25) is 0 Å². The van der Waals surface area contributed by atoms with Crippen LogP contribution in [0.5, 0.6) is 6.01 Å². The van der Waals surface area contributed by atoms with E-state index in [2.05, 4.69) is 21.0 Å². The molecule has 2 aromatic rings. The fourth-order valence-electron chi connectivity index (χ4n) is 1.51. The van der Waals surface area contributed by atoms with Crippen LogP contribution >= 0.6 is 15.9 Å². The number of rotatable bonds is 3. The molecule has 1 heterocycles. The van der Waals surface area contributed by atoms with Gasteiger partial charge in [0.1, 0.15) is 0 Å². The second kappa shape index (κ2) is 4.75. The van der Waals surface area contributed by atoms with E-state index in [1.165, 1.54) is 16.4 Å². The zero-order valence-electron chi connectivity index (χ0n) is 9.55. The third kappa shape index (κ3) is 2.41. The fraction of sp³-hybridized carbons (Fsp3) is 0.273. The maximum atomic E-state index is 11.8. The number of nitrogens with zero attached hydrogens (tertiary/aromatic N) is 3. The molecule has 0 bridgehead atoms. The molecule has 0 atom stereocenters. The summed E-state index contributed by atoms with van der Waals surface area (Å²) in [5.74, 6) is 0. The first-order valence-corrected chi connectivity index (χ1v) is 5.83. The van der Waals surface area contributed by atoms with Crippen molar-refractivity contribution in [3.63, 3.8) is 0 Å². The molecule has 1 aromatic carbocycles. The van der Waals surface area contributed by atoms with E-state index in [4.69, 9.17) is 4.74 Å². The fourth-order valence-corrected chi connectivity index (χ4v) is 1.78. The first-order chi connectivity index (χ1) is 8.11. The molecule has 90 valence electrons. The molecular weight excluding hydrogens is 286 g/mol. The summed E-state index contributed by atoms with van der Waals surface area (Å²) >= 11 is 3.36. The summed E-state index contributed by atoms with van der Waals surface area (Å²) in [6.07, 6.45) is 0. The van der Waals surface area contributed by atoms with Gasteiger partial charge in [0.05, 0.1) is 13.7 Å². The Balaban J connectivity index is 2.30. The van der Waals surface area contributed by atoms with Crippen molar-refractivity contribution >= 4 is 15.9 Å². The van der Waals surface area contributed by atoms with E-state index in [1.807, 2.05) is 24.3 Å². The van der Waals surface area contributed by atoms with Crippen molar-refractivity contribution in [2.24, 2.45) is 7.05 Å². The molecule has 0 amide bonds. The van der Waals surface area contributed by atoms with Crippen LogP contribution in [0.1, 0.15) is 5.56 Å². The smallest absolute Gasteiger partial charge is 0.348 e. The van der Waals surface area contributed by atoms with E-state index in [0.29, 0.717) is 12.6 Å². The Morgan fingerprint density at radius 2 is 2.00 bits per heavy atom. The monoisotopic (exact) mass is 297 g/mol. The number of hydrogen-bond acceptors (Lipinski definition) is 3. The molecular formula is C11H12BrN3O2. The van der Waals surface area contributed by atoms with Gasteiger partial charge in [-0.15, -0.1) is 5.10 Å². The predicted octanol–water partition coefficient (Wildman–Crippen LogP) is 1.40. The summed E-state index contributed by atoms with van der Waals surface area (Å²) in [4.78, 5) is 11.8. The zero-order chi connectivity index (χ0) is 12.4. The van der Waals surface area contributed by atoms with Crippen LogP contribution in [0.3, 0.4) is 0 Å². The normalized spacial score (nSPS) is 10.5. The Morgan fingerprint density at radius 3 is 2.53 bits per heavy atom. The minimum Gasteiger partial charge on any atom is -0.467 e. The lowest BCUT2D eigenvalue weighted by molar-refractivity contribution is 0.361. The predicted molar refractivity (Wildman–Crippen MR) is 67.3 cm³/mol. The highest BCUT2D eigenvalue weighted by Crippen LogP contribution is 2.11. The van der Waals surface area contributed by atoms with Gasteiger partial charge >= 0.3 is 11.7 Å². The SMILES string of the molecule is COc1nn(Cc2ccc(Br)cc2)c(=O)n1C. The van der Waals surface area contributed by atoms with Crippen LogP contribution in [0.4, 0.5) is 0 Å². The van der Waals surface area contributed by atoms with Crippen LogP contribution in [-0.4, -0.2) is 21.5 Å². The quantitative estimate of drug-likeness (QED) is 0.860. The van der Waals surface area contributed by atoms with E-state index in [9.17, 15) is 4.79 Å². The highest BCUT2D eigenvalue weighted by molar-refractivity contribution is 9.10. The molecule has 0 saturated heterocycles. The van der Waals surface area contributed by atoms with Crippen molar-refractivity contribution in [1.29, 1.82) is 0 Å².